The minimum atomic E-state index is -0.514. The fourth-order valence-electron chi connectivity index (χ4n) is 4.50. The van der Waals surface area contributed by atoms with Gasteiger partial charge in [-0.05, 0) is 48.5 Å². The van der Waals surface area contributed by atoms with Crippen molar-refractivity contribution in [2.75, 3.05) is 56.2 Å². The van der Waals surface area contributed by atoms with Gasteiger partial charge in [0.15, 0.2) is 0 Å². The number of hydrogen-bond donors (Lipinski definition) is 2. The van der Waals surface area contributed by atoms with Crippen LogP contribution in [0.5, 0.6) is 5.75 Å². The molecule has 5 rings (SSSR count). The van der Waals surface area contributed by atoms with Crippen LogP contribution >= 0.6 is 0 Å². The lowest BCUT2D eigenvalue weighted by molar-refractivity contribution is -0.133. The van der Waals surface area contributed by atoms with E-state index in [0.717, 1.165) is 43.2 Å². The van der Waals surface area contributed by atoms with Crippen molar-refractivity contribution >= 4 is 23.2 Å². The number of aliphatic hydroxyl groups excluding tert-OH is 1. The highest BCUT2D eigenvalue weighted by molar-refractivity contribution is 5.77. The van der Waals surface area contributed by atoms with Gasteiger partial charge in [-0.3, -0.25) is 4.79 Å². The summed E-state index contributed by atoms with van der Waals surface area (Å²) in [6.07, 6.45) is 2.10. The molecule has 2 saturated heterocycles. The first-order valence-electron chi connectivity index (χ1n) is 12.3. The molecule has 1 unspecified atom stereocenters. The van der Waals surface area contributed by atoms with Crippen LogP contribution in [0.1, 0.15) is 12.0 Å². The minimum absolute atomic E-state index is 0.224. The number of aromatic nitrogens is 2. The van der Waals surface area contributed by atoms with E-state index in [4.69, 9.17) is 14.6 Å². The summed E-state index contributed by atoms with van der Waals surface area (Å²) in [6.45, 7) is 3.65. The molecule has 2 N–H and O–H groups in total. The van der Waals surface area contributed by atoms with Gasteiger partial charge < -0.3 is 29.7 Å². The Morgan fingerprint density at radius 2 is 1.97 bits per heavy atom. The predicted octanol–water partition coefficient (Wildman–Crippen LogP) is 2.57. The number of nitrogens with one attached hydrogen (secondary N) is 1. The van der Waals surface area contributed by atoms with E-state index in [1.165, 1.54) is 0 Å². The molecule has 190 valence electrons. The van der Waals surface area contributed by atoms with Crippen molar-refractivity contribution in [1.29, 1.82) is 5.26 Å². The summed E-state index contributed by atoms with van der Waals surface area (Å²) in [4.78, 5) is 24.5. The van der Waals surface area contributed by atoms with Gasteiger partial charge in [-0.25, -0.2) is 9.97 Å². The van der Waals surface area contributed by atoms with Crippen molar-refractivity contribution in [3.05, 3.63) is 60.3 Å². The van der Waals surface area contributed by atoms with E-state index >= 15 is 0 Å². The number of carbonyl (C=O) groups excluding carboxylic acids is 1. The van der Waals surface area contributed by atoms with E-state index in [1.54, 1.807) is 29.3 Å². The van der Waals surface area contributed by atoms with Gasteiger partial charge in [0.1, 0.15) is 24.5 Å². The lowest BCUT2D eigenvalue weighted by atomic mass is 10.1. The summed E-state index contributed by atoms with van der Waals surface area (Å²) < 4.78 is 11.4. The Bertz CT molecular complexity index is 1290. The number of nitriles is 1. The third-order valence-corrected chi connectivity index (χ3v) is 6.48. The van der Waals surface area contributed by atoms with Crippen molar-refractivity contribution < 1.29 is 19.4 Å². The highest BCUT2D eigenvalue weighted by Crippen LogP contribution is 2.28. The molecule has 3 heterocycles. The van der Waals surface area contributed by atoms with Gasteiger partial charge >= 0.3 is 0 Å². The van der Waals surface area contributed by atoms with Crippen LogP contribution in [0.25, 0.3) is 11.3 Å². The lowest BCUT2D eigenvalue weighted by Crippen LogP contribution is -2.36. The number of nitrogens with zero attached hydrogens (tertiary/aromatic N) is 5. The van der Waals surface area contributed by atoms with Crippen molar-refractivity contribution in [3.8, 4) is 23.1 Å². The Kier molecular flexibility index (Phi) is 7.44. The molecule has 2 aliphatic rings. The molecule has 0 aliphatic carbocycles. The Balaban J connectivity index is 1.26. The molecule has 10 nitrogen and oxygen atoms in total. The summed E-state index contributed by atoms with van der Waals surface area (Å²) in [7, 11) is 0. The molecule has 0 radical (unpaired) electrons. The molecule has 10 heteroatoms. The van der Waals surface area contributed by atoms with E-state index in [-0.39, 0.29) is 12.0 Å². The zero-order valence-electron chi connectivity index (χ0n) is 20.3. The van der Waals surface area contributed by atoms with Crippen LogP contribution in [0.2, 0.25) is 0 Å². The first-order valence-corrected chi connectivity index (χ1v) is 12.3. The molecule has 0 bridgehead atoms. The topological polar surface area (TPSA) is 124 Å². The number of carbonyl (C=O) groups is 1. The number of hydrogen-bond acceptors (Lipinski definition) is 9. The van der Waals surface area contributed by atoms with Crippen LogP contribution in [0, 0.1) is 11.3 Å². The summed E-state index contributed by atoms with van der Waals surface area (Å²) >= 11 is 0. The summed E-state index contributed by atoms with van der Waals surface area (Å²) in [5.74, 6) is 0.598. The van der Waals surface area contributed by atoms with Gasteiger partial charge in [0, 0.05) is 49.2 Å². The minimum Gasteiger partial charge on any atom is -0.487 e. The highest BCUT2D eigenvalue weighted by atomic mass is 16.5. The van der Waals surface area contributed by atoms with E-state index in [2.05, 4.69) is 38.4 Å². The molecule has 0 saturated carbocycles. The molecule has 0 spiro atoms. The number of rotatable bonds is 7. The van der Waals surface area contributed by atoms with Crippen molar-refractivity contribution in [1.82, 2.24) is 14.9 Å². The van der Waals surface area contributed by atoms with Crippen LogP contribution in [0.3, 0.4) is 0 Å². The Hall–Kier alpha value is -4.20. The van der Waals surface area contributed by atoms with E-state index < -0.39 is 6.61 Å². The van der Waals surface area contributed by atoms with E-state index in [1.807, 2.05) is 18.2 Å². The molecule has 37 heavy (non-hydrogen) atoms. The molecule has 1 aromatic heterocycles. The standard InChI is InChI=1S/C27H28N6O4/c28-16-20-15-19(1-6-25(20)37-23-8-10-33(17-23)26(35)18-34)24-7-9-29-27(31-24)30-21-2-4-22(5-3-21)32-11-13-36-14-12-32/h1-7,9,15,23,34H,8,10-14,17-18H2,(H,29,30,31). The van der Waals surface area contributed by atoms with Gasteiger partial charge in [-0.1, -0.05) is 0 Å². The van der Waals surface area contributed by atoms with E-state index in [0.29, 0.717) is 42.5 Å². The first kappa shape index (κ1) is 24.5. The maximum absolute atomic E-state index is 11.7. The molecule has 2 fully saturated rings. The monoisotopic (exact) mass is 500 g/mol. The second-order valence-electron chi connectivity index (χ2n) is 8.89. The number of anilines is 3. The maximum Gasteiger partial charge on any atom is 0.248 e. The number of aliphatic hydroxyl groups is 1. The number of benzene rings is 2. The summed E-state index contributed by atoms with van der Waals surface area (Å²) in [5, 5.41) is 22.0. The molecule has 2 aromatic carbocycles. The average molecular weight is 501 g/mol. The number of morpholine rings is 1. The van der Waals surface area contributed by atoms with Gasteiger partial charge in [0.25, 0.3) is 0 Å². The fourth-order valence-corrected chi connectivity index (χ4v) is 4.50. The average Bonchev–Trinajstić information content (AvgIpc) is 3.42. The Morgan fingerprint density at radius 1 is 1.16 bits per heavy atom. The van der Waals surface area contributed by atoms with Crippen LogP contribution in [-0.4, -0.2) is 78.0 Å². The highest BCUT2D eigenvalue weighted by Gasteiger charge is 2.27. The number of likely N-dealkylation sites (tertiary alicyclic amines) is 1. The Labute approximate surface area is 215 Å². The van der Waals surface area contributed by atoms with E-state index in [9.17, 15) is 10.1 Å². The third kappa shape index (κ3) is 5.80. The predicted molar refractivity (Wildman–Crippen MR) is 138 cm³/mol. The molecular formula is C27H28N6O4. The van der Waals surface area contributed by atoms with Crippen LogP contribution in [0.4, 0.5) is 17.3 Å². The second kappa shape index (κ2) is 11.2. The zero-order chi connectivity index (χ0) is 25.6. The molecule has 2 aliphatic heterocycles. The lowest BCUT2D eigenvalue weighted by Gasteiger charge is -2.28. The van der Waals surface area contributed by atoms with Crippen molar-refractivity contribution in [2.24, 2.45) is 0 Å². The summed E-state index contributed by atoms with van der Waals surface area (Å²) in [5.41, 5.74) is 3.85. The molecule has 3 aromatic rings. The SMILES string of the molecule is N#Cc1cc(-c2ccnc(Nc3ccc(N4CCOCC4)cc3)n2)ccc1OC1CCN(C(=O)CO)C1. The largest absolute Gasteiger partial charge is 0.487 e. The van der Waals surface area contributed by atoms with Gasteiger partial charge in [-0.2, -0.15) is 5.26 Å². The first-order chi connectivity index (χ1) is 18.1. The Morgan fingerprint density at radius 3 is 2.73 bits per heavy atom. The second-order valence-corrected chi connectivity index (χ2v) is 8.89. The zero-order valence-corrected chi connectivity index (χ0v) is 20.3. The van der Waals surface area contributed by atoms with Crippen molar-refractivity contribution in [2.45, 2.75) is 12.5 Å². The number of ether oxygens (including phenoxy) is 2. The normalized spacial score (nSPS) is 17.4. The smallest absolute Gasteiger partial charge is 0.248 e. The quantitative estimate of drug-likeness (QED) is 0.504. The van der Waals surface area contributed by atoms with Crippen LogP contribution < -0.4 is 15.0 Å². The van der Waals surface area contributed by atoms with Crippen LogP contribution in [-0.2, 0) is 9.53 Å². The van der Waals surface area contributed by atoms with Gasteiger partial charge in [-0.15, -0.1) is 0 Å². The van der Waals surface area contributed by atoms with Gasteiger partial charge in [0.2, 0.25) is 11.9 Å². The fraction of sp³-hybridized carbons (Fsp3) is 0.333. The van der Waals surface area contributed by atoms with Crippen LogP contribution in [0.15, 0.2) is 54.7 Å². The molecule has 1 atom stereocenters. The molecular weight excluding hydrogens is 472 g/mol. The summed E-state index contributed by atoms with van der Waals surface area (Å²) in [6, 6.07) is 17.5. The van der Waals surface area contributed by atoms with Gasteiger partial charge in [0.05, 0.1) is 31.0 Å². The van der Waals surface area contributed by atoms with Crippen molar-refractivity contribution in [3.63, 3.8) is 0 Å². The maximum atomic E-state index is 11.7. The number of amides is 1. The third-order valence-electron chi connectivity index (χ3n) is 6.48. The molecule has 1 amide bonds.